The van der Waals surface area contributed by atoms with E-state index >= 15 is 0 Å². The standard InChI is InChI=1S/C16H25N3O2/c1-2-3-4-9-17-15-8-7-13(11-18-15)16(20)19-12-14-6-5-10-21-14/h7-8,11,14H,2-6,9-10,12H2,1H3,(H,17,18)(H,19,20). The SMILES string of the molecule is CCCCCNc1ccc(C(=O)NCC2CCCO2)cn1. The smallest absolute Gasteiger partial charge is 0.252 e. The van der Waals surface area contributed by atoms with Gasteiger partial charge in [-0.25, -0.2) is 4.98 Å². The van der Waals surface area contributed by atoms with Crippen LogP contribution in [0.5, 0.6) is 0 Å². The molecule has 0 aromatic carbocycles. The molecule has 0 aliphatic carbocycles. The number of amides is 1. The number of nitrogens with one attached hydrogen (secondary N) is 2. The van der Waals surface area contributed by atoms with Crippen LogP contribution in [0.1, 0.15) is 49.4 Å². The molecule has 2 N–H and O–H groups in total. The average Bonchev–Trinajstić information content (AvgIpc) is 3.03. The van der Waals surface area contributed by atoms with Gasteiger partial charge in [0, 0.05) is 25.9 Å². The Balaban J connectivity index is 1.73. The van der Waals surface area contributed by atoms with Gasteiger partial charge in [0.25, 0.3) is 5.91 Å². The van der Waals surface area contributed by atoms with E-state index < -0.39 is 0 Å². The molecule has 1 atom stereocenters. The number of nitrogens with zero attached hydrogens (tertiary/aromatic N) is 1. The molecule has 116 valence electrons. The number of aromatic nitrogens is 1. The fraction of sp³-hybridized carbons (Fsp3) is 0.625. The molecule has 1 aromatic heterocycles. The van der Waals surface area contributed by atoms with E-state index in [0.29, 0.717) is 12.1 Å². The first-order chi connectivity index (χ1) is 10.3. The summed E-state index contributed by atoms with van der Waals surface area (Å²) in [4.78, 5) is 16.3. The molecular formula is C16H25N3O2. The molecule has 1 aliphatic heterocycles. The van der Waals surface area contributed by atoms with E-state index in [-0.39, 0.29) is 12.0 Å². The molecule has 1 saturated heterocycles. The molecule has 1 amide bonds. The van der Waals surface area contributed by atoms with Gasteiger partial charge < -0.3 is 15.4 Å². The Labute approximate surface area is 126 Å². The lowest BCUT2D eigenvalue weighted by Crippen LogP contribution is -2.31. The second kappa shape index (κ2) is 8.62. The maximum atomic E-state index is 12.0. The minimum Gasteiger partial charge on any atom is -0.376 e. The molecule has 1 aromatic rings. The van der Waals surface area contributed by atoms with Crippen molar-refractivity contribution in [3.8, 4) is 0 Å². The highest BCUT2D eigenvalue weighted by molar-refractivity contribution is 5.94. The molecule has 0 bridgehead atoms. The van der Waals surface area contributed by atoms with Crippen LogP contribution in [-0.4, -0.2) is 36.7 Å². The summed E-state index contributed by atoms with van der Waals surface area (Å²) in [5.74, 6) is 0.734. The average molecular weight is 291 g/mol. The summed E-state index contributed by atoms with van der Waals surface area (Å²) in [5.41, 5.74) is 0.590. The van der Waals surface area contributed by atoms with Crippen LogP contribution in [0.3, 0.4) is 0 Å². The first-order valence-electron chi connectivity index (χ1n) is 7.89. The lowest BCUT2D eigenvalue weighted by atomic mass is 10.2. The summed E-state index contributed by atoms with van der Waals surface area (Å²) >= 11 is 0. The van der Waals surface area contributed by atoms with Crippen LogP contribution in [0.4, 0.5) is 5.82 Å². The van der Waals surface area contributed by atoms with E-state index in [4.69, 9.17) is 4.74 Å². The van der Waals surface area contributed by atoms with E-state index in [9.17, 15) is 4.79 Å². The molecule has 5 nitrogen and oxygen atoms in total. The Bertz CT molecular complexity index is 428. The van der Waals surface area contributed by atoms with E-state index in [1.165, 1.54) is 12.8 Å². The minimum atomic E-state index is -0.0875. The lowest BCUT2D eigenvalue weighted by Gasteiger charge is -2.11. The lowest BCUT2D eigenvalue weighted by molar-refractivity contribution is 0.0857. The van der Waals surface area contributed by atoms with Crippen molar-refractivity contribution in [3.05, 3.63) is 23.9 Å². The van der Waals surface area contributed by atoms with Crippen molar-refractivity contribution in [1.82, 2.24) is 10.3 Å². The highest BCUT2D eigenvalue weighted by Gasteiger charge is 2.16. The number of carbonyl (C=O) groups excluding carboxylic acids is 1. The summed E-state index contributed by atoms with van der Waals surface area (Å²) in [5, 5.41) is 6.16. The molecule has 5 heteroatoms. The highest BCUT2D eigenvalue weighted by atomic mass is 16.5. The third kappa shape index (κ3) is 5.34. The van der Waals surface area contributed by atoms with Crippen LogP contribution in [0.25, 0.3) is 0 Å². The Morgan fingerprint density at radius 3 is 3.00 bits per heavy atom. The summed E-state index contributed by atoms with van der Waals surface area (Å²) in [6, 6.07) is 3.66. The number of unbranched alkanes of at least 4 members (excludes halogenated alkanes) is 2. The number of hydrogen-bond donors (Lipinski definition) is 2. The zero-order chi connectivity index (χ0) is 14.9. The number of anilines is 1. The number of ether oxygens (including phenoxy) is 1. The van der Waals surface area contributed by atoms with E-state index in [0.717, 1.165) is 38.2 Å². The summed E-state index contributed by atoms with van der Waals surface area (Å²) in [6.07, 6.45) is 7.46. The van der Waals surface area contributed by atoms with Crippen LogP contribution in [0.2, 0.25) is 0 Å². The van der Waals surface area contributed by atoms with Crippen LogP contribution in [-0.2, 0) is 4.74 Å². The Kier molecular flexibility index (Phi) is 6.47. The van der Waals surface area contributed by atoms with E-state index in [1.54, 1.807) is 12.3 Å². The molecule has 0 saturated carbocycles. The van der Waals surface area contributed by atoms with E-state index in [2.05, 4.69) is 22.5 Å². The number of hydrogen-bond acceptors (Lipinski definition) is 4. The van der Waals surface area contributed by atoms with Crippen molar-refractivity contribution in [1.29, 1.82) is 0 Å². The van der Waals surface area contributed by atoms with Gasteiger partial charge in [-0.3, -0.25) is 4.79 Å². The number of rotatable bonds is 8. The monoisotopic (exact) mass is 291 g/mol. The molecule has 1 unspecified atom stereocenters. The van der Waals surface area contributed by atoms with Crippen LogP contribution >= 0.6 is 0 Å². The normalized spacial score (nSPS) is 17.7. The minimum absolute atomic E-state index is 0.0875. The Morgan fingerprint density at radius 1 is 1.43 bits per heavy atom. The summed E-state index contributed by atoms with van der Waals surface area (Å²) in [7, 11) is 0. The zero-order valence-corrected chi connectivity index (χ0v) is 12.7. The van der Waals surface area contributed by atoms with Gasteiger partial charge in [0.1, 0.15) is 5.82 Å². The topological polar surface area (TPSA) is 63.2 Å². The summed E-state index contributed by atoms with van der Waals surface area (Å²) < 4.78 is 5.48. The second-order valence-corrected chi connectivity index (χ2v) is 5.41. The van der Waals surface area contributed by atoms with Gasteiger partial charge in [-0.05, 0) is 31.4 Å². The fourth-order valence-corrected chi connectivity index (χ4v) is 2.34. The van der Waals surface area contributed by atoms with Gasteiger partial charge in [-0.15, -0.1) is 0 Å². The third-order valence-corrected chi connectivity index (χ3v) is 3.63. The van der Waals surface area contributed by atoms with Crippen LogP contribution in [0.15, 0.2) is 18.3 Å². The predicted octanol–water partition coefficient (Wildman–Crippen LogP) is 2.59. The predicted molar refractivity (Wildman–Crippen MR) is 83.6 cm³/mol. The molecule has 2 rings (SSSR count). The molecule has 1 fully saturated rings. The second-order valence-electron chi connectivity index (χ2n) is 5.41. The maximum absolute atomic E-state index is 12.0. The van der Waals surface area contributed by atoms with E-state index in [1.807, 2.05) is 6.07 Å². The molecule has 0 spiro atoms. The van der Waals surface area contributed by atoms with Crippen molar-refractivity contribution in [3.63, 3.8) is 0 Å². The van der Waals surface area contributed by atoms with Gasteiger partial charge in [0.15, 0.2) is 0 Å². The first-order valence-corrected chi connectivity index (χ1v) is 7.89. The van der Waals surface area contributed by atoms with Crippen molar-refractivity contribution in [2.24, 2.45) is 0 Å². The number of pyridine rings is 1. The quantitative estimate of drug-likeness (QED) is 0.723. The first kappa shape index (κ1) is 15.8. The van der Waals surface area contributed by atoms with Gasteiger partial charge >= 0.3 is 0 Å². The van der Waals surface area contributed by atoms with Crippen molar-refractivity contribution in [2.45, 2.75) is 45.1 Å². The fourth-order valence-electron chi connectivity index (χ4n) is 2.34. The van der Waals surface area contributed by atoms with Crippen molar-refractivity contribution in [2.75, 3.05) is 25.0 Å². The Morgan fingerprint density at radius 2 is 2.33 bits per heavy atom. The highest BCUT2D eigenvalue weighted by Crippen LogP contribution is 2.11. The third-order valence-electron chi connectivity index (χ3n) is 3.63. The summed E-state index contributed by atoms with van der Waals surface area (Å²) in [6.45, 7) is 4.49. The zero-order valence-electron chi connectivity index (χ0n) is 12.7. The van der Waals surface area contributed by atoms with Crippen molar-refractivity contribution < 1.29 is 9.53 Å². The molecule has 21 heavy (non-hydrogen) atoms. The largest absolute Gasteiger partial charge is 0.376 e. The van der Waals surface area contributed by atoms with Gasteiger partial charge in [0.05, 0.1) is 11.7 Å². The molecule has 2 heterocycles. The van der Waals surface area contributed by atoms with Gasteiger partial charge in [-0.1, -0.05) is 19.8 Å². The molecule has 0 radical (unpaired) electrons. The van der Waals surface area contributed by atoms with Crippen molar-refractivity contribution >= 4 is 11.7 Å². The Hall–Kier alpha value is -1.62. The van der Waals surface area contributed by atoms with Crippen LogP contribution in [0, 0.1) is 0 Å². The van der Waals surface area contributed by atoms with Gasteiger partial charge in [0.2, 0.25) is 0 Å². The molecular weight excluding hydrogens is 266 g/mol. The van der Waals surface area contributed by atoms with Crippen LogP contribution < -0.4 is 10.6 Å². The number of carbonyl (C=O) groups is 1. The maximum Gasteiger partial charge on any atom is 0.252 e. The molecule has 1 aliphatic rings. The van der Waals surface area contributed by atoms with Gasteiger partial charge in [-0.2, -0.15) is 0 Å².